The van der Waals surface area contributed by atoms with Crippen LogP contribution in [0.2, 0.25) is 0 Å². The number of hydrogen-bond acceptors (Lipinski definition) is 4. The van der Waals surface area contributed by atoms with Gasteiger partial charge in [-0.1, -0.05) is 148 Å². The number of aliphatic hydroxyl groups excluding tert-OH is 1. The van der Waals surface area contributed by atoms with Crippen LogP contribution in [-0.2, 0) is 9.59 Å². The van der Waals surface area contributed by atoms with Crippen LogP contribution in [0.4, 0.5) is 0 Å². The number of halogens is 1. The smallest absolute Gasteiger partial charge is 0.157 e. The molecule has 0 aromatic rings. The van der Waals surface area contributed by atoms with Gasteiger partial charge >= 0.3 is 0 Å². The number of aliphatic hydroxyl groups is 1. The second-order valence-corrected chi connectivity index (χ2v) is 13.4. The van der Waals surface area contributed by atoms with Crippen molar-refractivity contribution in [2.75, 3.05) is 19.7 Å². The summed E-state index contributed by atoms with van der Waals surface area (Å²) in [6, 6.07) is -0.671. The van der Waals surface area contributed by atoms with E-state index in [0.717, 1.165) is 51.4 Å². The standard InChI is InChI=1S/C41H77NO3.ClH/c1-4-7-9-11-13-15-17-19-21-23-25-27-29-31-33-35-39(44)41(42(6-3)37-38-43)40(45)36-34-32-30-28-26-24-22-20-18-16-14-12-10-8-5-2;/h19-22,41,43H,4-18,23-38H2,1-3H3;1H/b21-19-,22-20-;. The zero-order valence-electron chi connectivity index (χ0n) is 30.9. The molecule has 0 aromatic heterocycles. The van der Waals surface area contributed by atoms with Crippen molar-refractivity contribution in [2.24, 2.45) is 0 Å². The lowest BCUT2D eigenvalue weighted by atomic mass is 9.96. The van der Waals surface area contributed by atoms with Crippen molar-refractivity contribution in [2.45, 2.75) is 207 Å². The highest BCUT2D eigenvalue weighted by molar-refractivity contribution is 6.06. The summed E-state index contributed by atoms with van der Waals surface area (Å²) in [7, 11) is 0. The first kappa shape index (κ1) is 47.1. The minimum absolute atomic E-state index is 0. The van der Waals surface area contributed by atoms with Gasteiger partial charge in [-0.3, -0.25) is 14.5 Å². The van der Waals surface area contributed by atoms with Gasteiger partial charge in [0, 0.05) is 19.4 Å². The van der Waals surface area contributed by atoms with E-state index in [0.29, 0.717) is 25.9 Å². The number of likely N-dealkylation sites (N-methyl/N-ethyl adjacent to an activating group) is 1. The molecular formula is C41H78ClNO3. The third kappa shape index (κ3) is 30.4. The monoisotopic (exact) mass is 668 g/mol. The van der Waals surface area contributed by atoms with Crippen molar-refractivity contribution in [3.05, 3.63) is 24.3 Å². The molecule has 272 valence electrons. The van der Waals surface area contributed by atoms with Crippen LogP contribution < -0.4 is 0 Å². The maximum atomic E-state index is 13.2. The predicted octanol–water partition coefficient (Wildman–Crippen LogP) is 12.3. The number of allylic oxidation sites excluding steroid dienone is 4. The minimum atomic E-state index is -0.671. The molecule has 0 unspecified atom stereocenters. The van der Waals surface area contributed by atoms with Crippen molar-refractivity contribution in [1.29, 1.82) is 0 Å². The van der Waals surface area contributed by atoms with E-state index in [2.05, 4.69) is 38.2 Å². The maximum absolute atomic E-state index is 13.2. The Balaban J connectivity index is 0. The van der Waals surface area contributed by atoms with Gasteiger partial charge in [0.25, 0.3) is 0 Å². The first-order valence-corrected chi connectivity index (χ1v) is 19.8. The molecule has 0 fully saturated rings. The Kier molecular flexibility index (Phi) is 39.4. The molecule has 0 radical (unpaired) electrons. The highest BCUT2D eigenvalue weighted by atomic mass is 35.5. The first-order chi connectivity index (χ1) is 22.1. The number of carbonyl (C=O) groups excluding carboxylic acids is 2. The molecule has 0 aliphatic heterocycles. The van der Waals surface area contributed by atoms with E-state index in [-0.39, 0.29) is 30.6 Å². The Labute approximate surface area is 293 Å². The number of carbonyl (C=O) groups is 2. The van der Waals surface area contributed by atoms with E-state index in [1.54, 1.807) is 0 Å². The fourth-order valence-corrected chi connectivity index (χ4v) is 6.20. The maximum Gasteiger partial charge on any atom is 0.157 e. The molecule has 0 bridgehead atoms. The number of hydrogen-bond donors (Lipinski definition) is 1. The van der Waals surface area contributed by atoms with Crippen LogP contribution in [0.5, 0.6) is 0 Å². The van der Waals surface area contributed by atoms with Crippen LogP contribution in [0.15, 0.2) is 24.3 Å². The third-order valence-electron chi connectivity index (χ3n) is 9.14. The van der Waals surface area contributed by atoms with E-state index in [4.69, 9.17) is 0 Å². The van der Waals surface area contributed by atoms with Gasteiger partial charge in [-0.05, 0) is 70.8 Å². The molecule has 0 aliphatic rings. The van der Waals surface area contributed by atoms with Gasteiger partial charge < -0.3 is 5.11 Å². The largest absolute Gasteiger partial charge is 0.395 e. The van der Waals surface area contributed by atoms with Crippen LogP contribution in [0, 0.1) is 0 Å². The van der Waals surface area contributed by atoms with Crippen molar-refractivity contribution < 1.29 is 14.7 Å². The van der Waals surface area contributed by atoms with Crippen LogP contribution in [-0.4, -0.2) is 47.3 Å². The number of nitrogens with zero attached hydrogens (tertiary/aromatic N) is 1. The minimum Gasteiger partial charge on any atom is -0.395 e. The molecule has 46 heavy (non-hydrogen) atoms. The van der Waals surface area contributed by atoms with Crippen LogP contribution in [0.1, 0.15) is 201 Å². The number of rotatable bonds is 36. The van der Waals surface area contributed by atoms with E-state index < -0.39 is 6.04 Å². The average molecular weight is 669 g/mol. The summed E-state index contributed by atoms with van der Waals surface area (Å²) in [5.74, 6) is 0.112. The predicted molar refractivity (Wildman–Crippen MR) is 204 cm³/mol. The number of ketones is 2. The summed E-state index contributed by atoms with van der Waals surface area (Å²) in [6.07, 6.45) is 42.4. The summed E-state index contributed by atoms with van der Waals surface area (Å²) in [5.41, 5.74) is 0. The van der Waals surface area contributed by atoms with Gasteiger partial charge in [0.05, 0.1) is 6.61 Å². The molecule has 5 heteroatoms. The Morgan fingerprint density at radius 3 is 1.11 bits per heavy atom. The van der Waals surface area contributed by atoms with Crippen molar-refractivity contribution >= 4 is 24.0 Å². The zero-order chi connectivity index (χ0) is 33.1. The highest BCUT2D eigenvalue weighted by Crippen LogP contribution is 2.16. The van der Waals surface area contributed by atoms with Gasteiger partial charge in [0.2, 0.25) is 0 Å². The number of Topliss-reactive ketones (excluding diaryl/α,β-unsaturated/α-hetero) is 2. The molecule has 4 nitrogen and oxygen atoms in total. The second kappa shape index (κ2) is 38.5. The Hall–Kier alpha value is -0.970. The van der Waals surface area contributed by atoms with E-state index in [9.17, 15) is 14.7 Å². The molecule has 0 atom stereocenters. The molecule has 0 spiro atoms. The van der Waals surface area contributed by atoms with Gasteiger partial charge in [-0.25, -0.2) is 0 Å². The van der Waals surface area contributed by atoms with Crippen LogP contribution in [0.3, 0.4) is 0 Å². The fraction of sp³-hybridized carbons (Fsp3) is 0.854. The van der Waals surface area contributed by atoms with Gasteiger partial charge in [-0.15, -0.1) is 12.4 Å². The van der Waals surface area contributed by atoms with Gasteiger partial charge in [0.15, 0.2) is 11.6 Å². The molecule has 1 N–H and O–H groups in total. The van der Waals surface area contributed by atoms with E-state index in [1.165, 1.54) is 116 Å². The summed E-state index contributed by atoms with van der Waals surface area (Å²) in [6.45, 7) is 7.49. The topological polar surface area (TPSA) is 57.6 Å². The number of unbranched alkanes of at least 4 members (excludes halogenated alkanes) is 22. The first-order valence-electron chi connectivity index (χ1n) is 19.8. The summed E-state index contributed by atoms with van der Waals surface area (Å²) >= 11 is 0. The molecular weight excluding hydrogens is 590 g/mol. The summed E-state index contributed by atoms with van der Waals surface area (Å²) in [4.78, 5) is 28.3. The lowest BCUT2D eigenvalue weighted by molar-refractivity contribution is -0.135. The normalized spacial score (nSPS) is 11.8. The summed E-state index contributed by atoms with van der Waals surface area (Å²) < 4.78 is 0. The quantitative estimate of drug-likeness (QED) is 0.0410. The molecule has 0 saturated carbocycles. The van der Waals surface area contributed by atoms with Crippen molar-refractivity contribution in [1.82, 2.24) is 4.90 Å². The molecule has 0 aliphatic carbocycles. The van der Waals surface area contributed by atoms with E-state index >= 15 is 0 Å². The lowest BCUT2D eigenvalue weighted by Crippen LogP contribution is -2.47. The van der Waals surface area contributed by atoms with Crippen molar-refractivity contribution in [3.8, 4) is 0 Å². The highest BCUT2D eigenvalue weighted by Gasteiger charge is 2.30. The molecule has 0 rings (SSSR count). The third-order valence-corrected chi connectivity index (χ3v) is 9.14. The van der Waals surface area contributed by atoms with Crippen LogP contribution >= 0.6 is 12.4 Å². The molecule has 0 aromatic carbocycles. The SMILES string of the molecule is CCCCCCCC/C=C\CCCCCCCC(=O)C(C(=O)CCCCCCC/C=C\CCCCCCCC)N(CC)CCO.Cl. The fourth-order valence-electron chi connectivity index (χ4n) is 6.20. The van der Waals surface area contributed by atoms with Gasteiger partial charge in [0.1, 0.15) is 6.04 Å². The van der Waals surface area contributed by atoms with E-state index in [1.807, 2.05) is 11.8 Å². The van der Waals surface area contributed by atoms with Gasteiger partial charge in [-0.2, -0.15) is 0 Å². The lowest BCUT2D eigenvalue weighted by Gasteiger charge is -2.28. The molecule has 0 saturated heterocycles. The molecule has 0 heterocycles. The Morgan fingerprint density at radius 1 is 0.500 bits per heavy atom. The van der Waals surface area contributed by atoms with Crippen molar-refractivity contribution in [3.63, 3.8) is 0 Å². The molecule has 0 amide bonds. The Bertz CT molecular complexity index is 656. The average Bonchev–Trinajstić information content (AvgIpc) is 3.04. The van der Waals surface area contributed by atoms with Crippen LogP contribution in [0.25, 0.3) is 0 Å². The zero-order valence-corrected chi connectivity index (χ0v) is 31.7. The second-order valence-electron chi connectivity index (χ2n) is 13.4. The Morgan fingerprint density at radius 2 is 0.804 bits per heavy atom. The summed E-state index contributed by atoms with van der Waals surface area (Å²) in [5, 5.41) is 9.54.